The summed E-state index contributed by atoms with van der Waals surface area (Å²) in [6, 6.07) is 19.3. The number of furan rings is 1. The van der Waals surface area contributed by atoms with E-state index in [1.807, 2.05) is 37.3 Å². The molecule has 1 aliphatic rings. The first-order valence-corrected chi connectivity index (χ1v) is 8.95. The van der Waals surface area contributed by atoms with Crippen molar-refractivity contribution in [3.63, 3.8) is 0 Å². The first kappa shape index (κ1) is 17.5. The number of carbonyl (C=O) groups excluding carboxylic acids is 1. The average molecular weight is 365 g/mol. The number of halogens is 1. The van der Waals surface area contributed by atoms with E-state index in [-0.39, 0.29) is 29.7 Å². The lowest BCUT2D eigenvalue weighted by atomic mass is 10.1. The average Bonchev–Trinajstić information content (AvgIpc) is 3.18. The molecule has 2 heterocycles. The number of hydrogen-bond acceptors (Lipinski definition) is 3. The molecule has 0 aliphatic carbocycles. The highest BCUT2D eigenvalue weighted by molar-refractivity contribution is 5.92. The monoisotopic (exact) mass is 365 g/mol. The Morgan fingerprint density at radius 2 is 1.74 bits per heavy atom. The van der Waals surface area contributed by atoms with Gasteiger partial charge in [0.1, 0.15) is 17.7 Å². The van der Waals surface area contributed by atoms with Crippen molar-refractivity contribution in [2.24, 2.45) is 0 Å². The summed E-state index contributed by atoms with van der Waals surface area (Å²) in [5.74, 6) is 0.338. The second-order valence-corrected chi connectivity index (χ2v) is 6.73. The van der Waals surface area contributed by atoms with E-state index < -0.39 is 0 Å². The standard InChI is InChI=1S/C22H20FNO3/c1-15-13-24(14-21(26-15)16-5-3-2-4-6-16)22(25)20-12-11-19(27-20)17-7-9-18(23)10-8-17/h2-12,15,21H,13-14H2,1H3. The SMILES string of the molecule is CC1CN(C(=O)c2ccc(-c3ccc(F)cc3)o2)CC(c2ccccc2)O1. The summed E-state index contributed by atoms with van der Waals surface area (Å²) in [6.45, 7) is 2.94. The number of rotatable bonds is 3. The van der Waals surface area contributed by atoms with E-state index in [9.17, 15) is 9.18 Å². The van der Waals surface area contributed by atoms with Gasteiger partial charge in [0.2, 0.25) is 0 Å². The Kier molecular flexibility index (Phi) is 4.77. The van der Waals surface area contributed by atoms with Crippen LogP contribution in [0.3, 0.4) is 0 Å². The fourth-order valence-corrected chi connectivity index (χ4v) is 3.35. The van der Waals surface area contributed by atoms with E-state index in [1.165, 1.54) is 12.1 Å². The lowest BCUT2D eigenvalue weighted by molar-refractivity contribution is -0.0697. The van der Waals surface area contributed by atoms with E-state index in [1.54, 1.807) is 29.2 Å². The van der Waals surface area contributed by atoms with Crippen LogP contribution in [0.2, 0.25) is 0 Å². The molecule has 1 aromatic heterocycles. The van der Waals surface area contributed by atoms with Crippen molar-refractivity contribution in [1.29, 1.82) is 0 Å². The highest BCUT2D eigenvalue weighted by atomic mass is 19.1. The van der Waals surface area contributed by atoms with Gasteiger partial charge >= 0.3 is 0 Å². The number of nitrogens with zero attached hydrogens (tertiary/aromatic N) is 1. The van der Waals surface area contributed by atoms with Gasteiger partial charge < -0.3 is 14.1 Å². The van der Waals surface area contributed by atoms with Gasteiger partial charge in [0.25, 0.3) is 5.91 Å². The van der Waals surface area contributed by atoms with Gasteiger partial charge in [-0.3, -0.25) is 4.79 Å². The molecule has 4 rings (SSSR count). The number of amides is 1. The third kappa shape index (κ3) is 3.78. The summed E-state index contributed by atoms with van der Waals surface area (Å²) in [6.07, 6.45) is -0.232. The van der Waals surface area contributed by atoms with Gasteiger partial charge in [0.15, 0.2) is 5.76 Å². The quantitative estimate of drug-likeness (QED) is 0.676. The second-order valence-electron chi connectivity index (χ2n) is 6.73. The van der Waals surface area contributed by atoms with E-state index in [0.717, 1.165) is 11.1 Å². The Labute approximate surface area is 157 Å². The predicted octanol–water partition coefficient (Wildman–Crippen LogP) is 4.69. The third-order valence-electron chi connectivity index (χ3n) is 4.66. The zero-order valence-electron chi connectivity index (χ0n) is 15.0. The fourth-order valence-electron chi connectivity index (χ4n) is 3.35. The summed E-state index contributed by atoms with van der Waals surface area (Å²) < 4.78 is 24.8. The molecule has 4 nitrogen and oxygen atoms in total. The van der Waals surface area contributed by atoms with Gasteiger partial charge in [-0.25, -0.2) is 4.39 Å². The van der Waals surface area contributed by atoms with Crippen molar-refractivity contribution in [2.75, 3.05) is 13.1 Å². The van der Waals surface area contributed by atoms with Crippen molar-refractivity contribution in [2.45, 2.75) is 19.1 Å². The molecule has 27 heavy (non-hydrogen) atoms. The smallest absolute Gasteiger partial charge is 0.289 e. The predicted molar refractivity (Wildman–Crippen MR) is 99.7 cm³/mol. The summed E-state index contributed by atoms with van der Waals surface area (Å²) in [5, 5.41) is 0. The summed E-state index contributed by atoms with van der Waals surface area (Å²) in [4.78, 5) is 14.7. The van der Waals surface area contributed by atoms with Crippen LogP contribution in [0, 0.1) is 5.82 Å². The maximum atomic E-state index is 13.1. The number of carbonyl (C=O) groups is 1. The van der Waals surface area contributed by atoms with Crippen LogP contribution in [0.15, 0.2) is 71.1 Å². The van der Waals surface area contributed by atoms with Crippen LogP contribution >= 0.6 is 0 Å². The van der Waals surface area contributed by atoms with Crippen molar-refractivity contribution < 1.29 is 18.3 Å². The van der Waals surface area contributed by atoms with Gasteiger partial charge in [-0.1, -0.05) is 30.3 Å². The number of morpholine rings is 1. The van der Waals surface area contributed by atoms with Crippen LogP contribution < -0.4 is 0 Å². The Hall–Kier alpha value is -2.92. The van der Waals surface area contributed by atoms with E-state index in [4.69, 9.17) is 9.15 Å². The van der Waals surface area contributed by atoms with Crippen LogP contribution in [0.25, 0.3) is 11.3 Å². The molecule has 1 aliphatic heterocycles. The Morgan fingerprint density at radius 3 is 2.48 bits per heavy atom. The lowest BCUT2D eigenvalue weighted by Crippen LogP contribution is -2.45. The second kappa shape index (κ2) is 7.37. The molecule has 1 amide bonds. The number of ether oxygens (including phenoxy) is 1. The molecule has 1 saturated heterocycles. The van der Waals surface area contributed by atoms with Crippen LogP contribution in [-0.4, -0.2) is 30.0 Å². The first-order chi connectivity index (χ1) is 13.1. The molecule has 1 fully saturated rings. The molecule has 0 bridgehead atoms. The minimum absolute atomic E-state index is 0.0700. The summed E-state index contributed by atoms with van der Waals surface area (Å²) >= 11 is 0. The zero-order chi connectivity index (χ0) is 18.8. The molecule has 3 aromatic rings. The number of benzene rings is 2. The third-order valence-corrected chi connectivity index (χ3v) is 4.66. The molecule has 0 saturated carbocycles. The van der Waals surface area contributed by atoms with Gasteiger partial charge in [0, 0.05) is 12.1 Å². The van der Waals surface area contributed by atoms with Crippen LogP contribution in [0.4, 0.5) is 4.39 Å². The van der Waals surface area contributed by atoms with E-state index in [2.05, 4.69) is 0 Å². The maximum Gasteiger partial charge on any atom is 0.289 e. The molecular formula is C22H20FNO3. The molecule has 2 aromatic carbocycles. The van der Waals surface area contributed by atoms with Crippen molar-refractivity contribution in [3.8, 4) is 11.3 Å². The minimum Gasteiger partial charge on any atom is -0.451 e. The largest absolute Gasteiger partial charge is 0.451 e. The minimum atomic E-state index is -0.309. The highest BCUT2D eigenvalue weighted by Gasteiger charge is 2.31. The van der Waals surface area contributed by atoms with E-state index >= 15 is 0 Å². The maximum absolute atomic E-state index is 13.1. The summed E-state index contributed by atoms with van der Waals surface area (Å²) in [5.41, 5.74) is 1.78. The summed E-state index contributed by atoms with van der Waals surface area (Å²) in [7, 11) is 0. The molecule has 0 spiro atoms. The fraction of sp³-hybridized carbons (Fsp3) is 0.227. The molecule has 0 radical (unpaired) electrons. The van der Waals surface area contributed by atoms with Gasteiger partial charge in [-0.2, -0.15) is 0 Å². The van der Waals surface area contributed by atoms with Gasteiger partial charge in [0.05, 0.1) is 12.6 Å². The lowest BCUT2D eigenvalue weighted by Gasteiger charge is -2.36. The van der Waals surface area contributed by atoms with Crippen LogP contribution in [0.5, 0.6) is 0 Å². The molecule has 2 unspecified atom stereocenters. The van der Waals surface area contributed by atoms with Crippen molar-refractivity contribution in [1.82, 2.24) is 4.90 Å². The molecular weight excluding hydrogens is 345 g/mol. The highest BCUT2D eigenvalue weighted by Crippen LogP contribution is 2.28. The van der Waals surface area contributed by atoms with Crippen molar-refractivity contribution in [3.05, 3.63) is 83.9 Å². The molecule has 2 atom stereocenters. The topological polar surface area (TPSA) is 42.7 Å². The van der Waals surface area contributed by atoms with Gasteiger partial charge in [-0.15, -0.1) is 0 Å². The number of hydrogen-bond donors (Lipinski definition) is 0. The zero-order valence-corrected chi connectivity index (χ0v) is 15.0. The molecule has 5 heteroatoms. The van der Waals surface area contributed by atoms with Gasteiger partial charge in [-0.05, 0) is 48.9 Å². The first-order valence-electron chi connectivity index (χ1n) is 8.95. The normalized spacial score (nSPS) is 19.9. The molecule has 0 N–H and O–H groups in total. The van der Waals surface area contributed by atoms with E-state index in [0.29, 0.717) is 18.8 Å². The van der Waals surface area contributed by atoms with Crippen LogP contribution in [0.1, 0.15) is 29.1 Å². The Balaban J connectivity index is 1.53. The Bertz CT molecular complexity index is 920. The Morgan fingerprint density at radius 1 is 1.00 bits per heavy atom. The van der Waals surface area contributed by atoms with Crippen LogP contribution in [-0.2, 0) is 4.74 Å². The molecule has 138 valence electrons. The van der Waals surface area contributed by atoms with Crippen molar-refractivity contribution >= 4 is 5.91 Å².